The third kappa shape index (κ3) is 4.05. The second-order valence-corrected chi connectivity index (χ2v) is 6.29. The number of aromatic nitrogens is 3. The zero-order chi connectivity index (χ0) is 18.0. The number of amides is 1. The zero-order valence-electron chi connectivity index (χ0n) is 12.4. The van der Waals surface area contributed by atoms with Gasteiger partial charge in [-0.25, -0.2) is 0 Å². The summed E-state index contributed by atoms with van der Waals surface area (Å²) >= 11 is 6.67. The van der Waals surface area contributed by atoms with Gasteiger partial charge in [0.25, 0.3) is 0 Å². The van der Waals surface area contributed by atoms with E-state index in [4.69, 9.17) is 11.6 Å². The fraction of sp³-hybridized carbons (Fsp3) is 0.133. The number of nitrogens with one attached hydrogen (secondary N) is 1. The van der Waals surface area contributed by atoms with Crippen molar-refractivity contribution in [2.75, 3.05) is 11.1 Å². The lowest BCUT2D eigenvalue weighted by atomic mass is 10.2. The molecule has 0 aliphatic rings. The number of fused-ring (bicyclic) bond motifs is 1. The van der Waals surface area contributed by atoms with Crippen molar-refractivity contribution in [2.45, 2.75) is 11.3 Å². The predicted octanol–water partition coefficient (Wildman–Crippen LogP) is 4.13. The Morgan fingerprint density at radius 2 is 2.04 bits per heavy atom. The average Bonchev–Trinajstić information content (AvgIpc) is 2.97. The highest BCUT2D eigenvalue weighted by Crippen LogP contribution is 2.36. The number of anilines is 1. The molecule has 3 aromatic rings. The Morgan fingerprint density at radius 3 is 2.80 bits per heavy atom. The van der Waals surface area contributed by atoms with Crippen LogP contribution >= 0.6 is 23.4 Å². The van der Waals surface area contributed by atoms with Gasteiger partial charge in [0.05, 0.1) is 16.3 Å². The lowest BCUT2D eigenvalue weighted by molar-refractivity contribution is -0.137. The van der Waals surface area contributed by atoms with Gasteiger partial charge < -0.3 is 5.32 Å². The first kappa shape index (κ1) is 17.6. The Bertz CT molecular complexity index is 929. The SMILES string of the molecule is O=C(CSc1nnc2ccccn12)Nc1ccc(Cl)c(C(F)(F)F)c1. The summed E-state index contributed by atoms with van der Waals surface area (Å²) < 4.78 is 40.2. The molecule has 1 N–H and O–H groups in total. The minimum atomic E-state index is -4.59. The Kier molecular flexibility index (Phi) is 4.87. The molecule has 0 radical (unpaired) electrons. The van der Waals surface area contributed by atoms with E-state index in [1.54, 1.807) is 22.7 Å². The number of pyridine rings is 1. The number of thioether (sulfide) groups is 1. The predicted molar refractivity (Wildman–Crippen MR) is 88.8 cm³/mol. The zero-order valence-corrected chi connectivity index (χ0v) is 14.0. The Hall–Kier alpha value is -2.26. The third-order valence-electron chi connectivity index (χ3n) is 3.17. The second-order valence-electron chi connectivity index (χ2n) is 4.94. The Balaban J connectivity index is 1.67. The molecule has 0 aliphatic heterocycles. The molecule has 2 heterocycles. The van der Waals surface area contributed by atoms with Gasteiger partial charge in [0, 0.05) is 11.9 Å². The molecule has 0 atom stereocenters. The molecule has 0 saturated heterocycles. The van der Waals surface area contributed by atoms with Crippen molar-refractivity contribution in [1.82, 2.24) is 14.6 Å². The van der Waals surface area contributed by atoms with E-state index in [1.807, 2.05) is 6.07 Å². The highest BCUT2D eigenvalue weighted by Gasteiger charge is 2.33. The Morgan fingerprint density at radius 1 is 1.24 bits per heavy atom. The number of carbonyl (C=O) groups excluding carboxylic acids is 1. The lowest BCUT2D eigenvalue weighted by Gasteiger charge is -2.11. The summed E-state index contributed by atoms with van der Waals surface area (Å²) in [4.78, 5) is 12.0. The van der Waals surface area contributed by atoms with Crippen LogP contribution in [0.3, 0.4) is 0 Å². The summed E-state index contributed by atoms with van der Waals surface area (Å²) in [6, 6.07) is 8.59. The minimum Gasteiger partial charge on any atom is -0.325 e. The summed E-state index contributed by atoms with van der Waals surface area (Å²) in [6.45, 7) is 0. The maximum atomic E-state index is 12.8. The molecule has 5 nitrogen and oxygen atoms in total. The quantitative estimate of drug-likeness (QED) is 0.685. The van der Waals surface area contributed by atoms with Gasteiger partial charge in [-0.05, 0) is 30.3 Å². The van der Waals surface area contributed by atoms with Gasteiger partial charge in [-0.3, -0.25) is 9.20 Å². The third-order valence-corrected chi connectivity index (χ3v) is 4.44. The molecule has 0 bridgehead atoms. The first-order valence-electron chi connectivity index (χ1n) is 6.94. The van der Waals surface area contributed by atoms with Crippen LogP contribution < -0.4 is 5.32 Å². The highest BCUT2D eigenvalue weighted by molar-refractivity contribution is 7.99. The van der Waals surface area contributed by atoms with E-state index in [2.05, 4.69) is 15.5 Å². The van der Waals surface area contributed by atoms with Crippen LogP contribution in [0.4, 0.5) is 18.9 Å². The van der Waals surface area contributed by atoms with Crippen LogP contribution in [-0.2, 0) is 11.0 Å². The number of nitrogens with zero attached hydrogens (tertiary/aromatic N) is 3. The smallest absolute Gasteiger partial charge is 0.325 e. The van der Waals surface area contributed by atoms with E-state index in [9.17, 15) is 18.0 Å². The van der Waals surface area contributed by atoms with Crippen LogP contribution in [0.1, 0.15) is 5.56 Å². The van der Waals surface area contributed by atoms with E-state index >= 15 is 0 Å². The van der Waals surface area contributed by atoms with Gasteiger partial charge >= 0.3 is 6.18 Å². The van der Waals surface area contributed by atoms with Crippen molar-refractivity contribution in [2.24, 2.45) is 0 Å². The lowest BCUT2D eigenvalue weighted by Crippen LogP contribution is -2.15. The van der Waals surface area contributed by atoms with Crippen LogP contribution in [0.15, 0.2) is 47.8 Å². The summed E-state index contributed by atoms with van der Waals surface area (Å²) in [5, 5.41) is 10.4. The molecule has 0 aliphatic carbocycles. The molecule has 1 amide bonds. The first-order chi connectivity index (χ1) is 11.8. The van der Waals surface area contributed by atoms with Gasteiger partial charge in [-0.2, -0.15) is 13.2 Å². The van der Waals surface area contributed by atoms with Crippen molar-refractivity contribution in [3.63, 3.8) is 0 Å². The highest BCUT2D eigenvalue weighted by atomic mass is 35.5. The largest absolute Gasteiger partial charge is 0.417 e. The van der Waals surface area contributed by atoms with Gasteiger partial charge in [0.2, 0.25) is 5.91 Å². The minimum absolute atomic E-state index is 0.0217. The normalized spacial score (nSPS) is 11.7. The van der Waals surface area contributed by atoms with Crippen LogP contribution in [-0.4, -0.2) is 26.3 Å². The molecule has 3 rings (SSSR count). The molecule has 2 aromatic heterocycles. The topological polar surface area (TPSA) is 59.3 Å². The number of benzene rings is 1. The molecule has 130 valence electrons. The molecule has 0 saturated carbocycles. The van der Waals surface area contributed by atoms with Crippen LogP contribution in [0, 0.1) is 0 Å². The molecule has 0 spiro atoms. The number of carbonyl (C=O) groups is 1. The second kappa shape index (κ2) is 6.93. The molecule has 10 heteroatoms. The van der Waals surface area contributed by atoms with E-state index in [-0.39, 0.29) is 11.4 Å². The number of rotatable bonds is 4. The van der Waals surface area contributed by atoms with E-state index in [1.165, 1.54) is 6.07 Å². The molecule has 1 aromatic carbocycles. The molecule has 0 fully saturated rings. The van der Waals surface area contributed by atoms with Gasteiger partial charge in [0.15, 0.2) is 10.8 Å². The van der Waals surface area contributed by atoms with Crippen molar-refractivity contribution in [3.8, 4) is 0 Å². The summed E-state index contributed by atoms with van der Waals surface area (Å²) in [5.41, 5.74) is -0.338. The van der Waals surface area contributed by atoms with Gasteiger partial charge in [-0.1, -0.05) is 29.4 Å². The van der Waals surface area contributed by atoms with Crippen LogP contribution in [0.5, 0.6) is 0 Å². The molecular weight excluding hydrogens is 377 g/mol. The van der Waals surface area contributed by atoms with Crippen molar-refractivity contribution < 1.29 is 18.0 Å². The van der Waals surface area contributed by atoms with Gasteiger partial charge in [-0.15, -0.1) is 10.2 Å². The number of alkyl halides is 3. The van der Waals surface area contributed by atoms with E-state index in [0.717, 1.165) is 23.9 Å². The van der Waals surface area contributed by atoms with Crippen LogP contribution in [0.25, 0.3) is 5.65 Å². The molecule has 0 unspecified atom stereocenters. The molecular formula is C15H10ClF3N4OS. The maximum absolute atomic E-state index is 12.8. The standard InChI is InChI=1S/C15H10ClF3N4OS/c16-11-5-4-9(7-10(11)15(17,18)19)20-13(24)8-25-14-22-21-12-3-1-2-6-23(12)14/h1-7H,8H2,(H,20,24). The summed E-state index contributed by atoms with van der Waals surface area (Å²) in [6.07, 6.45) is -2.84. The van der Waals surface area contributed by atoms with Crippen molar-refractivity contribution in [3.05, 3.63) is 53.2 Å². The Labute approximate surface area is 149 Å². The fourth-order valence-electron chi connectivity index (χ4n) is 2.07. The average molecular weight is 387 g/mol. The summed E-state index contributed by atoms with van der Waals surface area (Å²) in [7, 11) is 0. The van der Waals surface area contributed by atoms with Crippen LogP contribution in [0.2, 0.25) is 5.02 Å². The van der Waals surface area contributed by atoms with E-state index < -0.39 is 22.7 Å². The number of hydrogen-bond acceptors (Lipinski definition) is 4. The van der Waals surface area contributed by atoms with Crippen molar-refractivity contribution >= 4 is 40.6 Å². The number of hydrogen-bond donors (Lipinski definition) is 1. The van der Waals surface area contributed by atoms with E-state index in [0.29, 0.717) is 10.8 Å². The summed E-state index contributed by atoms with van der Waals surface area (Å²) in [5.74, 6) is -0.493. The molecule has 25 heavy (non-hydrogen) atoms. The van der Waals surface area contributed by atoms with Crippen molar-refractivity contribution in [1.29, 1.82) is 0 Å². The maximum Gasteiger partial charge on any atom is 0.417 e. The number of halogens is 4. The van der Waals surface area contributed by atoms with Gasteiger partial charge in [0.1, 0.15) is 0 Å². The monoisotopic (exact) mass is 386 g/mol. The fourth-order valence-corrected chi connectivity index (χ4v) is 3.01. The first-order valence-corrected chi connectivity index (χ1v) is 8.30.